The minimum absolute atomic E-state index is 0.0632. The zero-order valence-electron chi connectivity index (χ0n) is 12.9. The van der Waals surface area contributed by atoms with Gasteiger partial charge in [-0.25, -0.2) is 8.78 Å². The summed E-state index contributed by atoms with van der Waals surface area (Å²) in [6.07, 6.45) is 1.96. The van der Waals surface area contributed by atoms with Crippen LogP contribution in [0.25, 0.3) is 22.5 Å². The van der Waals surface area contributed by atoms with Crippen LogP contribution >= 0.6 is 0 Å². The fourth-order valence-electron chi connectivity index (χ4n) is 2.87. The van der Waals surface area contributed by atoms with E-state index in [4.69, 9.17) is 0 Å². The van der Waals surface area contributed by atoms with E-state index in [2.05, 4.69) is 15.3 Å². The molecule has 3 heterocycles. The third kappa shape index (κ3) is 2.63. The number of benzene rings is 1. The van der Waals surface area contributed by atoms with Gasteiger partial charge in [0.25, 0.3) is 0 Å². The van der Waals surface area contributed by atoms with Gasteiger partial charge in [0.1, 0.15) is 5.82 Å². The van der Waals surface area contributed by atoms with Crippen molar-refractivity contribution in [3.63, 3.8) is 0 Å². The second kappa shape index (κ2) is 5.70. The maximum absolute atomic E-state index is 13.6. The van der Waals surface area contributed by atoms with Gasteiger partial charge in [-0.2, -0.15) is 0 Å². The molecule has 0 spiro atoms. The van der Waals surface area contributed by atoms with Crippen molar-refractivity contribution in [3.8, 4) is 28.3 Å². The number of anilines is 1. The highest BCUT2D eigenvalue weighted by atomic mass is 19.1. The van der Waals surface area contributed by atoms with E-state index in [1.165, 1.54) is 6.20 Å². The lowest BCUT2D eigenvalue weighted by Crippen LogP contribution is -2.16. The molecule has 0 saturated heterocycles. The summed E-state index contributed by atoms with van der Waals surface area (Å²) in [5.41, 5.74) is 2.59. The van der Waals surface area contributed by atoms with Gasteiger partial charge in [0.05, 0.1) is 11.3 Å². The van der Waals surface area contributed by atoms with E-state index < -0.39 is 17.4 Å². The first-order valence-electron chi connectivity index (χ1n) is 7.68. The molecule has 1 aromatic carbocycles. The van der Waals surface area contributed by atoms with Gasteiger partial charge in [0.2, 0.25) is 0 Å². The minimum atomic E-state index is -1.05. The summed E-state index contributed by atoms with van der Waals surface area (Å²) in [5, 5.41) is 12.3. The van der Waals surface area contributed by atoms with Crippen LogP contribution in [-0.4, -0.2) is 27.4 Å². The van der Waals surface area contributed by atoms with Gasteiger partial charge in [0, 0.05) is 36.0 Å². The van der Waals surface area contributed by atoms with Gasteiger partial charge in [-0.15, -0.1) is 0 Å². The van der Waals surface area contributed by atoms with Gasteiger partial charge in [-0.05, 0) is 30.3 Å². The molecule has 1 aliphatic heterocycles. The Labute approximate surface area is 141 Å². The predicted octanol–water partition coefficient (Wildman–Crippen LogP) is 3.73. The lowest BCUT2D eigenvalue weighted by atomic mass is 10.0. The normalized spacial score (nSPS) is 13.4. The van der Waals surface area contributed by atoms with Crippen molar-refractivity contribution in [2.24, 2.45) is 0 Å². The summed E-state index contributed by atoms with van der Waals surface area (Å²) in [4.78, 5) is 19.2. The summed E-state index contributed by atoms with van der Waals surface area (Å²) < 4.78 is 27.2. The van der Waals surface area contributed by atoms with Crippen LogP contribution in [0.5, 0.6) is 5.75 Å². The number of rotatable bonds is 2. The monoisotopic (exact) mass is 341 g/mol. The van der Waals surface area contributed by atoms with Gasteiger partial charge in [-0.3, -0.25) is 9.78 Å². The molecule has 0 bridgehead atoms. The van der Waals surface area contributed by atoms with Crippen molar-refractivity contribution in [1.82, 2.24) is 9.97 Å². The maximum Gasteiger partial charge on any atom is 0.187 e. The van der Waals surface area contributed by atoms with Crippen molar-refractivity contribution < 1.29 is 18.7 Å². The van der Waals surface area contributed by atoms with E-state index in [9.17, 15) is 18.7 Å². The number of H-pyrrole nitrogens is 1. The maximum atomic E-state index is 13.6. The van der Waals surface area contributed by atoms with E-state index in [0.717, 1.165) is 17.7 Å². The topological polar surface area (TPSA) is 78.0 Å². The minimum Gasteiger partial charge on any atom is -0.503 e. The number of fused-ring (bicyclic) bond motifs is 1. The van der Waals surface area contributed by atoms with Gasteiger partial charge >= 0.3 is 0 Å². The van der Waals surface area contributed by atoms with E-state index in [1.54, 1.807) is 18.2 Å². The highest BCUT2D eigenvalue weighted by Crippen LogP contribution is 2.31. The molecule has 0 unspecified atom stereocenters. The lowest BCUT2D eigenvalue weighted by Gasteiger charge is -2.11. The molecule has 4 rings (SSSR count). The number of aromatic hydroxyl groups is 1. The van der Waals surface area contributed by atoms with Crippen molar-refractivity contribution in [2.45, 2.75) is 6.42 Å². The number of aromatic amines is 1. The molecule has 0 saturated carbocycles. The largest absolute Gasteiger partial charge is 0.503 e. The third-order valence-corrected chi connectivity index (χ3v) is 4.16. The van der Waals surface area contributed by atoms with Crippen LogP contribution in [0.15, 0.2) is 36.5 Å². The van der Waals surface area contributed by atoms with Crippen molar-refractivity contribution in [1.29, 1.82) is 0 Å². The molecule has 5 nitrogen and oxygen atoms in total. The van der Waals surface area contributed by atoms with Crippen LogP contribution in [0.3, 0.4) is 0 Å². The van der Waals surface area contributed by atoms with Crippen molar-refractivity contribution in [3.05, 3.63) is 53.7 Å². The van der Waals surface area contributed by atoms with Crippen LogP contribution in [-0.2, 0) is 0 Å². The van der Waals surface area contributed by atoms with Crippen LogP contribution in [0.2, 0.25) is 0 Å². The van der Waals surface area contributed by atoms with E-state index in [-0.39, 0.29) is 11.3 Å². The molecule has 126 valence electrons. The number of hydrogen-bond donors (Lipinski definition) is 3. The number of phenolic OH excluding ortho intramolecular Hbond substituents is 1. The Morgan fingerprint density at radius 3 is 2.56 bits per heavy atom. The first-order chi connectivity index (χ1) is 12.0. The van der Waals surface area contributed by atoms with Crippen LogP contribution in [0.4, 0.5) is 14.6 Å². The first kappa shape index (κ1) is 15.3. The molecule has 0 aliphatic carbocycles. The summed E-state index contributed by atoms with van der Waals surface area (Å²) in [6.45, 7) is 0.583. The number of Topliss-reactive ketones (excluding diaryl/α,β-unsaturated/α-hetero) is 1. The summed E-state index contributed by atoms with van der Waals surface area (Å²) in [7, 11) is 0. The highest BCUT2D eigenvalue weighted by molar-refractivity contribution is 6.03. The van der Waals surface area contributed by atoms with Crippen LogP contribution in [0, 0.1) is 11.6 Å². The van der Waals surface area contributed by atoms with E-state index in [1.807, 2.05) is 0 Å². The number of phenols is 1. The van der Waals surface area contributed by atoms with Gasteiger partial charge in [0.15, 0.2) is 23.2 Å². The molecule has 0 fully saturated rings. The third-order valence-electron chi connectivity index (χ3n) is 4.16. The SMILES string of the molecule is O=C1CCNc2[nH]c(-c3ccnc(-c4cc(F)c(O)c(F)c4)c3)cc21. The van der Waals surface area contributed by atoms with E-state index in [0.29, 0.717) is 35.7 Å². The number of hydrogen-bond acceptors (Lipinski definition) is 4. The van der Waals surface area contributed by atoms with Crippen molar-refractivity contribution >= 4 is 11.6 Å². The molecule has 3 N–H and O–H groups in total. The molecule has 1 aliphatic rings. The quantitative estimate of drug-likeness (QED) is 0.664. The number of aromatic nitrogens is 2. The summed E-state index contributed by atoms with van der Waals surface area (Å²) in [6, 6.07) is 7.19. The second-order valence-corrected chi connectivity index (χ2v) is 5.79. The number of halogens is 2. The van der Waals surface area contributed by atoms with Crippen LogP contribution < -0.4 is 5.32 Å². The average Bonchev–Trinajstić information content (AvgIpc) is 3.05. The highest BCUT2D eigenvalue weighted by Gasteiger charge is 2.20. The summed E-state index contributed by atoms with van der Waals surface area (Å²) in [5.74, 6) is -2.37. The van der Waals surface area contributed by atoms with Gasteiger partial charge in [-0.1, -0.05) is 0 Å². The standard InChI is InChI=1S/C18H13F2N3O2/c19-12-5-10(6-13(20)17(12)25)14-7-9(1-3-21-14)15-8-11-16(24)2-4-22-18(11)23-15/h1,3,5-8,22-23,25H,2,4H2. The number of carbonyl (C=O) groups excluding carboxylic acids is 1. The molecule has 7 heteroatoms. The number of pyridine rings is 1. The predicted molar refractivity (Wildman–Crippen MR) is 88.5 cm³/mol. The fourth-order valence-corrected chi connectivity index (χ4v) is 2.87. The Balaban J connectivity index is 1.77. The number of nitrogens with one attached hydrogen (secondary N) is 2. The Hall–Kier alpha value is -3.22. The van der Waals surface area contributed by atoms with Gasteiger partial charge < -0.3 is 15.4 Å². The summed E-state index contributed by atoms with van der Waals surface area (Å²) >= 11 is 0. The molecule has 2 aromatic heterocycles. The fraction of sp³-hybridized carbons (Fsp3) is 0.111. The Morgan fingerprint density at radius 1 is 1.08 bits per heavy atom. The van der Waals surface area contributed by atoms with E-state index >= 15 is 0 Å². The molecular formula is C18H13F2N3O2. The Kier molecular flexibility index (Phi) is 3.49. The zero-order chi connectivity index (χ0) is 17.6. The number of ketones is 1. The lowest BCUT2D eigenvalue weighted by molar-refractivity contribution is 0.0984. The van der Waals surface area contributed by atoms with Crippen molar-refractivity contribution in [2.75, 3.05) is 11.9 Å². The molecular weight excluding hydrogens is 328 g/mol. The molecule has 3 aromatic rings. The molecule has 25 heavy (non-hydrogen) atoms. The first-order valence-corrected chi connectivity index (χ1v) is 7.68. The number of nitrogens with zero attached hydrogens (tertiary/aromatic N) is 1. The molecule has 0 radical (unpaired) electrons. The molecule has 0 amide bonds. The van der Waals surface area contributed by atoms with Crippen LogP contribution in [0.1, 0.15) is 16.8 Å². The Morgan fingerprint density at radius 2 is 1.84 bits per heavy atom. The Bertz CT molecular complexity index is 975. The molecule has 0 atom stereocenters. The number of carbonyl (C=O) groups is 1. The average molecular weight is 341 g/mol. The zero-order valence-corrected chi connectivity index (χ0v) is 12.9. The second-order valence-electron chi connectivity index (χ2n) is 5.79. The smallest absolute Gasteiger partial charge is 0.187 e.